The number of aliphatic imine (C=N–C) groups is 1. The molecule has 120 valence electrons. The summed E-state index contributed by atoms with van der Waals surface area (Å²) in [4.78, 5) is 6.92. The highest BCUT2D eigenvalue weighted by Gasteiger charge is 2.24. The number of hydrogen-bond acceptors (Lipinski definition) is 3. The maximum Gasteiger partial charge on any atom is 0.194 e. The molecule has 0 bridgehead atoms. The van der Waals surface area contributed by atoms with E-state index in [-0.39, 0.29) is 30.1 Å². The summed E-state index contributed by atoms with van der Waals surface area (Å²) in [6.07, 6.45) is 5.03. The van der Waals surface area contributed by atoms with Crippen molar-refractivity contribution in [3.05, 3.63) is 18.0 Å². The molecular formula is C14H26IN5O. The van der Waals surface area contributed by atoms with Crippen LogP contribution in [0.1, 0.15) is 31.9 Å². The van der Waals surface area contributed by atoms with Crippen LogP contribution in [0.3, 0.4) is 0 Å². The minimum absolute atomic E-state index is 0. The van der Waals surface area contributed by atoms with Gasteiger partial charge < -0.3 is 15.0 Å². The molecule has 1 saturated heterocycles. The molecule has 2 rings (SSSR count). The minimum atomic E-state index is 0. The Balaban J connectivity index is 0.00000220. The second kappa shape index (κ2) is 9.24. The van der Waals surface area contributed by atoms with Gasteiger partial charge in [0.25, 0.3) is 0 Å². The lowest BCUT2D eigenvalue weighted by atomic mass is 10.1. The first-order chi connectivity index (χ1) is 9.74. The summed E-state index contributed by atoms with van der Waals surface area (Å²) in [5.74, 6) is 0.992. The Morgan fingerprint density at radius 1 is 1.52 bits per heavy atom. The van der Waals surface area contributed by atoms with Crippen molar-refractivity contribution in [2.75, 3.05) is 32.8 Å². The van der Waals surface area contributed by atoms with Crippen molar-refractivity contribution in [2.24, 2.45) is 12.0 Å². The minimum Gasteiger partial charge on any atom is -0.370 e. The van der Waals surface area contributed by atoms with E-state index in [4.69, 9.17) is 4.74 Å². The molecule has 1 aliphatic heterocycles. The van der Waals surface area contributed by atoms with Gasteiger partial charge in [-0.1, -0.05) is 6.92 Å². The zero-order chi connectivity index (χ0) is 14.4. The van der Waals surface area contributed by atoms with Crippen LogP contribution >= 0.6 is 24.0 Å². The molecule has 0 amide bonds. The first-order valence-electron chi connectivity index (χ1n) is 7.38. The molecule has 1 unspecified atom stereocenters. The maximum atomic E-state index is 5.86. The molecular weight excluding hydrogens is 381 g/mol. The topological polar surface area (TPSA) is 54.7 Å². The van der Waals surface area contributed by atoms with Gasteiger partial charge in [-0.15, -0.1) is 24.0 Å². The molecule has 21 heavy (non-hydrogen) atoms. The Morgan fingerprint density at radius 2 is 2.33 bits per heavy atom. The SMILES string of the molecule is CCCN=C(NCC)N1CCOC(c2cnn(C)c2)C1.I. The molecule has 1 atom stereocenters. The van der Waals surface area contributed by atoms with Crippen molar-refractivity contribution >= 4 is 29.9 Å². The third-order valence-electron chi connectivity index (χ3n) is 3.28. The van der Waals surface area contributed by atoms with E-state index in [0.29, 0.717) is 0 Å². The van der Waals surface area contributed by atoms with Crippen molar-refractivity contribution in [1.82, 2.24) is 20.0 Å². The van der Waals surface area contributed by atoms with Crippen LogP contribution in [0.5, 0.6) is 0 Å². The van der Waals surface area contributed by atoms with Crippen molar-refractivity contribution in [3.63, 3.8) is 0 Å². The highest BCUT2D eigenvalue weighted by molar-refractivity contribution is 14.0. The molecule has 0 radical (unpaired) electrons. The number of halogens is 1. The van der Waals surface area contributed by atoms with Crippen molar-refractivity contribution in [3.8, 4) is 0 Å². The van der Waals surface area contributed by atoms with Gasteiger partial charge in [-0.25, -0.2) is 0 Å². The number of nitrogens with one attached hydrogen (secondary N) is 1. The van der Waals surface area contributed by atoms with Gasteiger partial charge in [-0.05, 0) is 13.3 Å². The van der Waals surface area contributed by atoms with Gasteiger partial charge in [-0.3, -0.25) is 9.67 Å². The van der Waals surface area contributed by atoms with Gasteiger partial charge in [0, 0.05) is 38.4 Å². The fourth-order valence-electron chi connectivity index (χ4n) is 2.29. The van der Waals surface area contributed by atoms with Crippen LogP contribution in [0.2, 0.25) is 0 Å². The quantitative estimate of drug-likeness (QED) is 0.470. The lowest BCUT2D eigenvalue weighted by molar-refractivity contribution is -0.00803. The molecule has 1 fully saturated rings. The van der Waals surface area contributed by atoms with Gasteiger partial charge in [0.1, 0.15) is 6.10 Å². The summed E-state index contributed by atoms with van der Waals surface area (Å²) in [6.45, 7) is 8.41. The van der Waals surface area contributed by atoms with Crippen LogP contribution < -0.4 is 5.32 Å². The lowest BCUT2D eigenvalue weighted by Crippen LogP contribution is -2.48. The van der Waals surface area contributed by atoms with Crippen LogP contribution in [-0.2, 0) is 11.8 Å². The van der Waals surface area contributed by atoms with Crippen LogP contribution in [0.4, 0.5) is 0 Å². The Hall–Kier alpha value is -0.830. The van der Waals surface area contributed by atoms with Gasteiger partial charge in [0.15, 0.2) is 5.96 Å². The number of nitrogens with zero attached hydrogens (tertiary/aromatic N) is 4. The summed E-state index contributed by atoms with van der Waals surface area (Å²) in [6, 6.07) is 0. The van der Waals surface area contributed by atoms with Gasteiger partial charge >= 0.3 is 0 Å². The van der Waals surface area contributed by atoms with E-state index >= 15 is 0 Å². The van der Waals surface area contributed by atoms with Gasteiger partial charge in [-0.2, -0.15) is 5.10 Å². The zero-order valence-corrected chi connectivity index (χ0v) is 15.4. The molecule has 1 aromatic heterocycles. The van der Waals surface area contributed by atoms with E-state index in [1.807, 2.05) is 24.1 Å². The monoisotopic (exact) mass is 407 g/mol. The van der Waals surface area contributed by atoms with Crippen molar-refractivity contribution in [1.29, 1.82) is 0 Å². The summed E-state index contributed by atoms with van der Waals surface area (Å²) in [5.41, 5.74) is 1.13. The summed E-state index contributed by atoms with van der Waals surface area (Å²) < 4.78 is 7.68. The number of aromatic nitrogens is 2. The van der Waals surface area contributed by atoms with Crippen LogP contribution in [0.25, 0.3) is 0 Å². The number of ether oxygens (including phenoxy) is 1. The number of hydrogen-bond donors (Lipinski definition) is 1. The summed E-state index contributed by atoms with van der Waals surface area (Å²) >= 11 is 0. The van der Waals surface area contributed by atoms with E-state index in [1.165, 1.54) is 0 Å². The molecule has 0 aliphatic carbocycles. The third-order valence-corrected chi connectivity index (χ3v) is 3.28. The molecule has 1 aliphatic rings. The molecule has 1 aromatic rings. The average Bonchev–Trinajstić information content (AvgIpc) is 2.90. The van der Waals surface area contributed by atoms with Crippen molar-refractivity contribution < 1.29 is 4.74 Å². The summed E-state index contributed by atoms with van der Waals surface area (Å²) in [5, 5.41) is 7.58. The first kappa shape index (κ1) is 18.2. The Bertz CT molecular complexity index is 448. The van der Waals surface area contributed by atoms with Gasteiger partial charge in [0.2, 0.25) is 0 Å². The van der Waals surface area contributed by atoms with Crippen LogP contribution in [0, 0.1) is 0 Å². The number of aryl methyl sites for hydroxylation is 1. The highest BCUT2D eigenvalue weighted by atomic mass is 127. The predicted octanol–water partition coefficient (Wildman–Crippen LogP) is 1.79. The Kier molecular flexibility index (Phi) is 8.02. The lowest BCUT2D eigenvalue weighted by Gasteiger charge is -2.34. The standard InChI is InChI=1S/C14H25N5O.HI/c1-4-6-16-14(15-5-2)19-7-8-20-13(11-19)12-9-17-18(3)10-12;/h9-10,13H,4-8,11H2,1-3H3,(H,15,16);1H. The number of guanidine groups is 1. The molecule has 1 N–H and O–H groups in total. The second-order valence-electron chi connectivity index (χ2n) is 4.99. The van der Waals surface area contributed by atoms with E-state index in [0.717, 1.165) is 50.7 Å². The zero-order valence-electron chi connectivity index (χ0n) is 13.1. The molecule has 6 nitrogen and oxygen atoms in total. The molecule has 2 heterocycles. The smallest absolute Gasteiger partial charge is 0.194 e. The van der Waals surface area contributed by atoms with Crippen molar-refractivity contribution in [2.45, 2.75) is 26.4 Å². The molecule has 0 spiro atoms. The molecule has 0 aromatic carbocycles. The molecule has 7 heteroatoms. The van der Waals surface area contributed by atoms with E-state index in [9.17, 15) is 0 Å². The van der Waals surface area contributed by atoms with Gasteiger partial charge in [0.05, 0.1) is 19.3 Å². The average molecular weight is 407 g/mol. The Morgan fingerprint density at radius 3 is 2.95 bits per heavy atom. The largest absolute Gasteiger partial charge is 0.370 e. The van der Waals surface area contributed by atoms with E-state index < -0.39 is 0 Å². The van der Waals surface area contributed by atoms with Crippen LogP contribution in [0.15, 0.2) is 17.4 Å². The first-order valence-corrected chi connectivity index (χ1v) is 7.38. The molecule has 0 saturated carbocycles. The fourth-order valence-corrected chi connectivity index (χ4v) is 2.29. The van der Waals surface area contributed by atoms with E-state index in [1.54, 1.807) is 0 Å². The highest BCUT2D eigenvalue weighted by Crippen LogP contribution is 2.21. The third kappa shape index (κ3) is 5.14. The predicted molar refractivity (Wildman–Crippen MR) is 95.2 cm³/mol. The number of rotatable bonds is 4. The normalized spacial score (nSPS) is 19.3. The number of morpholine rings is 1. The van der Waals surface area contributed by atoms with Crippen LogP contribution in [-0.4, -0.2) is 53.4 Å². The van der Waals surface area contributed by atoms with E-state index in [2.05, 4.69) is 34.2 Å². The summed E-state index contributed by atoms with van der Waals surface area (Å²) in [7, 11) is 1.93. The maximum absolute atomic E-state index is 5.86. The Labute approximate surface area is 144 Å². The second-order valence-corrected chi connectivity index (χ2v) is 4.99. The fraction of sp³-hybridized carbons (Fsp3) is 0.714.